The largest absolute Gasteiger partial charge is 0.387 e. The summed E-state index contributed by atoms with van der Waals surface area (Å²) in [4.78, 5) is 33.2. The molecule has 0 radical (unpaired) electrons. The van der Waals surface area contributed by atoms with E-state index in [4.69, 9.17) is 12.2 Å². The lowest BCUT2D eigenvalue weighted by Gasteiger charge is -2.15. The number of hydrogen-bond acceptors (Lipinski definition) is 7. The highest BCUT2D eigenvalue weighted by Gasteiger charge is 2.32. The van der Waals surface area contributed by atoms with Crippen molar-refractivity contribution in [2.24, 2.45) is 0 Å². The van der Waals surface area contributed by atoms with Crippen LogP contribution in [0.15, 0.2) is 94.8 Å². The number of thiocarbonyl (C=S) groups is 1. The van der Waals surface area contributed by atoms with Crippen LogP contribution in [0.5, 0.6) is 0 Å². The van der Waals surface area contributed by atoms with Crippen LogP contribution in [0.1, 0.15) is 22.8 Å². The molecule has 0 aliphatic carbocycles. The van der Waals surface area contributed by atoms with Gasteiger partial charge in [0.25, 0.3) is 11.5 Å². The van der Waals surface area contributed by atoms with Gasteiger partial charge in [-0.3, -0.25) is 18.9 Å². The second kappa shape index (κ2) is 11.1. The molecule has 5 rings (SSSR count). The third kappa shape index (κ3) is 5.48. The van der Waals surface area contributed by atoms with Crippen molar-refractivity contribution in [3.63, 3.8) is 0 Å². The Kier molecular flexibility index (Phi) is 7.45. The summed E-state index contributed by atoms with van der Waals surface area (Å²) in [5.41, 5.74) is 2.22. The topological polar surface area (TPSA) is 86.9 Å². The van der Waals surface area contributed by atoms with Gasteiger partial charge in [-0.05, 0) is 35.8 Å². The quantitative estimate of drug-likeness (QED) is 0.261. The summed E-state index contributed by atoms with van der Waals surface area (Å²) in [5.74, 6) is 0.0551. The fourth-order valence-corrected chi connectivity index (χ4v) is 5.35. The number of fused-ring (bicyclic) bond motifs is 1. The fraction of sp³-hybridized carbons (Fsp3) is 0.143. The van der Waals surface area contributed by atoms with Gasteiger partial charge in [0.05, 0.1) is 16.6 Å². The molecule has 2 N–H and O–H groups in total. The van der Waals surface area contributed by atoms with Crippen molar-refractivity contribution in [1.82, 2.24) is 14.3 Å². The molecular weight excluding hydrogens is 504 g/mol. The molecule has 2 aromatic carbocycles. The maximum absolute atomic E-state index is 13.4. The molecule has 186 valence electrons. The Hall–Kier alpha value is -3.79. The number of aliphatic hydroxyl groups excluding tert-OH is 1. The Balaban J connectivity index is 1.44. The minimum absolute atomic E-state index is 0.137. The number of hydrogen-bond donors (Lipinski definition) is 2. The first-order chi connectivity index (χ1) is 18.0. The number of carbonyl (C=O) groups excluding carboxylic acids is 1. The molecule has 7 nitrogen and oxygen atoms in total. The fourth-order valence-electron chi connectivity index (χ4n) is 4.06. The average Bonchev–Trinajstić information content (AvgIpc) is 3.20. The number of nitrogens with one attached hydrogen (secondary N) is 1. The van der Waals surface area contributed by atoms with Crippen LogP contribution in [0.2, 0.25) is 0 Å². The Morgan fingerprint density at radius 2 is 1.70 bits per heavy atom. The molecule has 2 aromatic heterocycles. The third-order valence-corrected chi connectivity index (χ3v) is 7.41. The number of pyridine rings is 1. The molecule has 4 aromatic rings. The molecular formula is C28H24N4O3S2. The van der Waals surface area contributed by atoms with Crippen LogP contribution in [0.25, 0.3) is 11.7 Å². The predicted octanol–water partition coefficient (Wildman–Crippen LogP) is 4.28. The molecule has 0 saturated carbocycles. The molecule has 37 heavy (non-hydrogen) atoms. The van der Waals surface area contributed by atoms with E-state index in [1.165, 1.54) is 16.2 Å². The van der Waals surface area contributed by atoms with Gasteiger partial charge in [0, 0.05) is 19.3 Å². The van der Waals surface area contributed by atoms with Gasteiger partial charge in [-0.15, -0.1) is 0 Å². The molecule has 1 aliphatic rings. The molecule has 1 saturated heterocycles. The predicted molar refractivity (Wildman–Crippen MR) is 151 cm³/mol. The zero-order chi connectivity index (χ0) is 25.8. The Morgan fingerprint density at radius 3 is 2.46 bits per heavy atom. The maximum Gasteiger partial charge on any atom is 0.267 e. The Labute approximate surface area is 223 Å². The second-order valence-corrected chi connectivity index (χ2v) is 10.2. The van der Waals surface area contributed by atoms with E-state index in [0.717, 1.165) is 11.1 Å². The molecule has 1 aliphatic heterocycles. The summed E-state index contributed by atoms with van der Waals surface area (Å²) in [6.07, 6.45) is 3.05. The lowest BCUT2D eigenvalue weighted by Crippen LogP contribution is -2.30. The van der Waals surface area contributed by atoms with E-state index in [-0.39, 0.29) is 23.6 Å². The minimum atomic E-state index is -0.804. The van der Waals surface area contributed by atoms with Gasteiger partial charge in [0.2, 0.25) is 0 Å². The number of aliphatic hydroxyl groups is 1. The van der Waals surface area contributed by atoms with Gasteiger partial charge < -0.3 is 10.4 Å². The molecule has 0 spiro atoms. The summed E-state index contributed by atoms with van der Waals surface area (Å²) in [6.45, 7) is 0.591. The number of amides is 1. The lowest BCUT2D eigenvalue weighted by molar-refractivity contribution is -0.122. The molecule has 1 amide bonds. The average molecular weight is 529 g/mol. The van der Waals surface area contributed by atoms with E-state index in [1.807, 2.05) is 60.7 Å². The van der Waals surface area contributed by atoms with Crippen LogP contribution >= 0.6 is 24.0 Å². The normalized spacial score (nSPS) is 15.5. The summed E-state index contributed by atoms with van der Waals surface area (Å²) < 4.78 is 1.89. The van der Waals surface area contributed by atoms with Crippen LogP contribution in [0, 0.1) is 0 Å². The summed E-state index contributed by atoms with van der Waals surface area (Å²) >= 11 is 6.66. The Morgan fingerprint density at radius 1 is 1.00 bits per heavy atom. The zero-order valence-corrected chi connectivity index (χ0v) is 21.4. The number of anilines is 1. The van der Waals surface area contributed by atoms with Crippen molar-refractivity contribution in [2.45, 2.75) is 12.5 Å². The van der Waals surface area contributed by atoms with Crippen LogP contribution in [0.4, 0.5) is 5.82 Å². The van der Waals surface area contributed by atoms with Crippen molar-refractivity contribution in [3.8, 4) is 0 Å². The zero-order valence-electron chi connectivity index (χ0n) is 19.8. The molecule has 0 unspecified atom stereocenters. The number of rotatable bonds is 8. The van der Waals surface area contributed by atoms with E-state index < -0.39 is 6.10 Å². The molecule has 1 fully saturated rings. The van der Waals surface area contributed by atoms with Crippen LogP contribution in [0.3, 0.4) is 0 Å². The summed E-state index contributed by atoms with van der Waals surface area (Å²) in [7, 11) is 0. The van der Waals surface area contributed by atoms with Crippen molar-refractivity contribution < 1.29 is 9.90 Å². The first-order valence-electron chi connectivity index (χ1n) is 11.8. The monoisotopic (exact) mass is 528 g/mol. The van der Waals surface area contributed by atoms with E-state index in [1.54, 1.807) is 35.4 Å². The van der Waals surface area contributed by atoms with Gasteiger partial charge in [-0.2, -0.15) is 0 Å². The summed E-state index contributed by atoms with van der Waals surface area (Å²) in [5, 5.41) is 13.7. The van der Waals surface area contributed by atoms with E-state index >= 15 is 0 Å². The van der Waals surface area contributed by atoms with Crippen molar-refractivity contribution in [2.75, 3.05) is 18.4 Å². The molecule has 0 bridgehead atoms. The Bertz CT molecular complexity index is 1540. The summed E-state index contributed by atoms with van der Waals surface area (Å²) in [6, 6.07) is 24.4. The standard InChI is InChI=1S/C28H24N4O3S2/c33-22(20-11-5-2-6-12-20)18-29-25-21(26(34)31-15-8-7-13-24(31)30-25)17-23-27(35)32(28(36)37-23)16-14-19-9-3-1-4-10-19/h1-13,15,17,22,29,33H,14,16,18H2/b23-17-/t22-/m0/s1. The number of aromatic nitrogens is 2. The SMILES string of the molecule is O=C1/C(=C/c2c(NC[C@H](O)c3ccccc3)nc3ccccn3c2=O)SC(=S)N1CCc1ccccc1. The third-order valence-electron chi connectivity index (χ3n) is 6.03. The van der Waals surface area contributed by atoms with Crippen molar-refractivity contribution in [3.05, 3.63) is 117 Å². The smallest absolute Gasteiger partial charge is 0.267 e. The highest BCUT2D eigenvalue weighted by atomic mass is 32.2. The highest BCUT2D eigenvalue weighted by molar-refractivity contribution is 8.26. The lowest BCUT2D eigenvalue weighted by atomic mass is 10.1. The first-order valence-corrected chi connectivity index (χ1v) is 13.0. The highest BCUT2D eigenvalue weighted by Crippen LogP contribution is 2.33. The van der Waals surface area contributed by atoms with Crippen LogP contribution in [-0.4, -0.2) is 42.7 Å². The minimum Gasteiger partial charge on any atom is -0.387 e. The van der Waals surface area contributed by atoms with Crippen molar-refractivity contribution >= 4 is 51.7 Å². The number of thioether (sulfide) groups is 1. The van der Waals surface area contributed by atoms with E-state index in [9.17, 15) is 14.7 Å². The van der Waals surface area contributed by atoms with Gasteiger partial charge in [0.15, 0.2) is 0 Å². The number of nitrogens with zero attached hydrogens (tertiary/aromatic N) is 3. The van der Waals surface area contributed by atoms with Gasteiger partial charge >= 0.3 is 0 Å². The van der Waals surface area contributed by atoms with Crippen molar-refractivity contribution in [1.29, 1.82) is 0 Å². The molecule has 9 heteroatoms. The molecule has 1 atom stereocenters. The van der Waals surface area contributed by atoms with E-state index in [2.05, 4.69) is 10.3 Å². The van der Waals surface area contributed by atoms with E-state index in [0.29, 0.717) is 33.7 Å². The number of benzene rings is 2. The number of carbonyl (C=O) groups is 1. The second-order valence-electron chi connectivity index (χ2n) is 8.48. The first kappa shape index (κ1) is 24.9. The maximum atomic E-state index is 13.4. The molecule has 3 heterocycles. The van der Waals surface area contributed by atoms with Crippen LogP contribution in [-0.2, 0) is 11.2 Å². The van der Waals surface area contributed by atoms with Gasteiger partial charge in [0.1, 0.15) is 15.8 Å². The van der Waals surface area contributed by atoms with Gasteiger partial charge in [-0.1, -0.05) is 90.7 Å². The van der Waals surface area contributed by atoms with Gasteiger partial charge in [-0.25, -0.2) is 4.98 Å². The van der Waals surface area contributed by atoms with Crippen LogP contribution < -0.4 is 10.9 Å².